The molecule has 1 saturated heterocycles. The van der Waals surface area contributed by atoms with Crippen LogP contribution in [-0.4, -0.2) is 43.7 Å². The zero-order chi connectivity index (χ0) is 16.7. The van der Waals surface area contributed by atoms with Crippen molar-refractivity contribution in [1.29, 1.82) is 0 Å². The van der Waals surface area contributed by atoms with E-state index >= 15 is 4.39 Å². The van der Waals surface area contributed by atoms with E-state index in [4.69, 9.17) is 16.3 Å². The molecule has 2 rings (SSSR count). The smallest absolute Gasteiger partial charge is 0.330 e. The van der Waals surface area contributed by atoms with Gasteiger partial charge in [0.05, 0.1) is 6.10 Å². The Morgan fingerprint density at radius 3 is 2.73 bits per heavy atom. The number of hydrogen-bond donors (Lipinski definition) is 3. The van der Waals surface area contributed by atoms with Gasteiger partial charge in [0.25, 0.3) is 5.56 Å². The van der Waals surface area contributed by atoms with Crippen molar-refractivity contribution in [2.75, 3.05) is 0 Å². The molecule has 5 atom stereocenters. The van der Waals surface area contributed by atoms with E-state index in [1.165, 1.54) is 13.8 Å². The molecule has 1 aromatic heterocycles. The molecule has 1 fully saturated rings. The van der Waals surface area contributed by atoms with E-state index in [0.717, 1.165) is 10.6 Å². The Kier molecular flexibility index (Phi) is 4.44. The Bertz CT molecular complexity index is 749. The number of aryl methyl sites for hydroxylation is 1. The van der Waals surface area contributed by atoms with Crippen LogP contribution in [0.5, 0.6) is 0 Å². The molecule has 2 heterocycles. The monoisotopic (exact) mass is 332 g/mol. The fraction of sp³-hybridized carbons (Fsp3) is 0.538. The number of aromatic amines is 1. The fourth-order valence-corrected chi connectivity index (χ4v) is 2.60. The van der Waals surface area contributed by atoms with Gasteiger partial charge in [0.1, 0.15) is 12.2 Å². The van der Waals surface area contributed by atoms with Crippen LogP contribution < -0.4 is 11.2 Å². The summed E-state index contributed by atoms with van der Waals surface area (Å²) in [6.45, 7) is 2.70. The maximum Gasteiger partial charge on any atom is 0.330 e. The molecule has 1 unspecified atom stereocenters. The summed E-state index contributed by atoms with van der Waals surface area (Å²) in [5.74, 6) is 1.98. The third-order valence-electron chi connectivity index (χ3n) is 3.50. The summed E-state index contributed by atoms with van der Waals surface area (Å²) < 4.78 is 21.2. The lowest BCUT2D eigenvalue weighted by atomic mass is 9.95. The second-order valence-corrected chi connectivity index (χ2v) is 5.27. The minimum atomic E-state index is -2.73. The average Bonchev–Trinajstić information content (AvgIpc) is 2.63. The molecule has 3 N–H and O–H groups in total. The third-order valence-corrected chi connectivity index (χ3v) is 3.60. The second kappa shape index (κ2) is 5.85. The van der Waals surface area contributed by atoms with E-state index in [-0.39, 0.29) is 5.69 Å². The first kappa shape index (κ1) is 16.7. The number of aliphatic hydroxyl groups excluding tert-OH is 2. The largest absolute Gasteiger partial charge is 0.391 e. The van der Waals surface area contributed by atoms with Gasteiger partial charge in [0, 0.05) is 17.1 Å². The summed E-state index contributed by atoms with van der Waals surface area (Å²) in [7, 11) is 0. The van der Waals surface area contributed by atoms with Crippen molar-refractivity contribution in [1.82, 2.24) is 9.55 Å². The van der Waals surface area contributed by atoms with E-state index in [1.54, 1.807) is 0 Å². The van der Waals surface area contributed by atoms with Crippen molar-refractivity contribution in [2.45, 2.75) is 44.1 Å². The normalized spacial score (nSPS) is 32.4. The highest BCUT2D eigenvalue weighted by Gasteiger charge is 2.59. The van der Waals surface area contributed by atoms with E-state index in [9.17, 15) is 19.8 Å². The first-order chi connectivity index (χ1) is 10.2. The van der Waals surface area contributed by atoms with Crippen LogP contribution >= 0.6 is 11.6 Å². The molecule has 0 saturated carbocycles. The molecule has 0 bridgehead atoms. The lowest BCUT2D eigenvalue weighted by Gasteiger charge is -2.25. The van der Waals surface area contributed by atoms with Crippen LogP contribution in [0.15, 0.2) is 15.7 Å². The Morgan fingerprint density at radius 1 is 1.59 bits per heavy atom. The maximum absolute atomic E-state index is 15.1. The van der Waals surface area contributed by atoms with Crippen LogP contribution in [0.25, 0.3) is 0 Å². The molecule has 1 aliphatic heterocycles. The summed E-state index contributed by atoms with van der Waals surface area (Å²) in [4.78, 5) is 25.2. The second-order valence-electron chi connectivity index (χ2n) is 5.08. The summed E-state index contributed by atoms with van der Waals surface area (Å²) in [5.41, 5.74) is -4.20. The predicted molar refractivity (Wildman–Crippen MR) is 75.1 cm³/mol. The number of ether oxygens (including phenoxy) is 1. The average molecular weight is 333 g/mol. The van der Waals surface area contributed by atoms with Gasteiger partial charge < -0.3 is 14.9 Å². The van der Waals surface area contributed by atoms with Gasteiger partial charge in [-0.15, -0.1) is 0 Å². The molecule has 0 amide bonds. The van der Waals surface area contributed by atoms with E-state index < -0.39 is 41.5 Å². The number of hydrogen-bond acceptors (Lipinski definition) is 5. The molecule has 120 valence electrons. The number of halogens is 2. The molecule has 9 heteroatoms. The number of rotatable bonds is 2. The zero-order valence-corrected chi connectivity index (χ0v) is 12.5. The Labute approximate surface area is 129 Å². The number of H-pyrrole nitrogens is 1. The van der Waals surface area contributed by atoms with Crippen molar-refractivity contribution in [2.24, 2.45) is 0 Å². The first-order valence-electron chi connectivity index (χ1n) is 6.38. The van der Waals surface area contributed by atoms with Gasteiger partial charge in [-0.05, 0) is 31.4 Å². The number of nitrogens with one attached hydrogen (secondary N) is 1. The standard InChI is InChI=1S/C13H14ClFN2O5/c1-6-5-8(19)16-12(21)17(6)11-13(15,3-4-14)10(20)9(22-11)7(2)18/h5,7,9-11,18,20H,1-2H3,(H,16,19,21)/t7-,9-,10+,11-,13?/m1/s1. The van der Waals surface area contributed by atoms with Gasteiger partial charge >= 0.3 is 5.69 Å². The summed E-state index contributed by atoms with van der Waals surface area (Å²) >= 11 is 5.25. The molecule has 1 aliphatic rings. The first-order valence-corrected chi connectivity index (χ1v) is 6.76. The summed E-state index contributed by atoms with van der Waals surface area (Å²) in [5, 5.41) is 21.5. The van der Waals surface area contributed by atoms with Gasteiger partial charge in [-0.3, -0.25) is 14.3 Å². The lowest BCUT2D eigenvalue weighted by Crippen LogP contribution is -2.46. The molecule has 1 aromatic rings. The van der Waals surface area contributed by atoms with Gasteiger partial charge in [-0.1, -0.05) is 0 Å². The van der Waals surface area contributed by atoms with Crippen LogP contribution in [0.2, 0.25) is 0 Å². The molecule has 0 aromatic carbocycles. The quantitative estimate of drug-likeness (QED) is 0.627. The zero-order valence-electron chi connectivity index (χ0n) is 11.7. The van der Waals surface area contributed by atoms with Crippen LogP contribution in [0, 0.1) is 18.2 Å². The Morgan fingerprint density at radius 2 is 2.23 bits per heavy atom. The molecule has 0 aliphatic carbocycles. The molecule has 0 spiro atoms. The van der Waals surface area contributed by atoms with E-state index in [1.807, 2.05) is 16.3 Å². The predicted octanol–water partition coefficient (Wildman–Crippen LogP) is -0.608. The van der Waals surface area contributed by atoms with Crippen molar-refractivity contribution < 1.29 is 19.3 Å². The molecule has 7 nitrogen and oxygen atoms in total. The van der Waals surface area contributed by atoms with Crippen molar-refractivity contribution >= 4 is 11.6 Å². The fourth-order valence-electron chi connectivity index (χ4n) is 2.45. The molecular weight excluding hydrogens is 319 g/mol. The molecular formula is C13H14ClFN2O5. The molecule has 22 heavy (non-hydrogen) atoms. The van der Waals surface area contributed by atoms with E-state index in [0.29, 0.717) is 0 Å². The summed E-state index contributed by atoms with van der Waals surface area (Å²) in [6.07, 6.45) is -6.03. The number of aliphatic hydroxyl groups is 2. The lowest BCUT2D eigenvalue weighted by molar-refractivity contribution is -0.0809. The Hall–Kier alpha value is -1.66. The van der Waals surface area contributed by atoms with E-state index in [2.05, 4.69) is 0 Å². The van der Waals surface area contributed by atoms with Gasteiger partial charge in [-0.25, -0.2) is 9.18 Å². The van der Waals surface area contributed by atoms with Crippen LogP contribution in [0.1, 0.15) is 18.8 Å². The minimum Gasteiger partial charge on any atom is -0.391 e. The number of nitrogens with zero attached hydrogens (tertiary/aromatic N) is 1. The topological polar surface area (TPSA) is 105 Å². The van der Waals surface area contributed by atoms with Crippen LogP contribution in [-0.2, 0) is 4.74 Å². The highest BCUT2D eigenvalue weighted by Crippen LogP contribution is 2.42. The van der Waals surface area contributed by atoms with Crippen molar-refractivity contribution in [3.05, 3.63) is 32.6 Å². The maximum atomic E-state index is 15.1. The van der Waals surface area contributed by atoms with Crippen LogP contribution in [0.4, 0.5) is 4.39 Å². The van der Waals surface area contributed by atoms with Crippen molar-refractivity contribution in [3.8, 4) is 11.3 Å². The Balaban J connectivity index is 2.64. The van der Waals surface area contributed by atoms with Gasteiger partial charge in [-0.2, -0.15) is 0 Å². The highest BCUT2D eigenvalue weighted by molar-refractivity contribution is 6.30. The SMILES string of the molecule is Cc1cc(=O)[nH]c(=O)n1[C@@H]1O[C@H]([C@@H](C)O)[C@H](O)C1(F)C#CCl. The highest BCUT2D eigenvalue weighted by atomic mass is 35.5. The minimum absolute atomic E-state index is 0.107. The number of aromatic nitrogens is 2. The third kappa shape index (κ3) is 2.57. The van der Waals surface area contributed by atoms with Gasteiger partial charge in [0.15, 0.2) is 6.23 Å². The summed E-state index contributed by atoms with van der Waals surface area (Å²) in [6, 6.07) is 1.07. The van der Waals surface area contributed by atoms with Crippen LogP contribution in [0.3, 0.4) is 0 Å². The number of alkyl halides is 1. The van der Waals surface area contributed by atoms with Crippen molar-refractivity contribution in [3.63, 3.8) is 0 Å². The molecule has 0 radical (unpaired) electrons. The van der Waals surface area contributed by atoms with Gasteiger partial charge in [0.2, 0.25) is 5.67 Å².